The van der Waals surface area contributed by atoms with Gasteiger partial charge in [-0.25, -0.2) is 44.9 Å². The second-order valence-electron chi connectivity index (χ2n) is 37.5. The monoisotopic (exact) mass is 1920 g/mol. The highest BCUT2D eigenvalue weighted by molar-refractivity contribution is 6.26. The Hall–Kier alpha value is -20.6. The average molecular weight is 1920 g/mol. The average Bonchev–Trinajstić information content (AvgIpc) is 1.55. The van der Waals surface area contributed by atoms with E-state index in [2.05, 4.69) is 325 Å². The Balaban J connectivity index is 0.000000108. The fraction of sp³-hybridized carbons (Fsp3) is 0. The second kappa shape index (κ2) is 37.0. The molecule has 30 rings (SSSR count). The van der Waals surface area contributed by atoms with Gasteiger partial charge in [0.15, 0.2) is 69.2 Å². The third-order valence-electron chi connectivity index (χ3n) is 28.4. The zero-order valence-electron chi connectivity index (χ0n) is 80.6. The lowest BCUT2D eigenvalue weighted by Crippen LogP contribution is -2.12. The van der Waals surface area contributed by atoms with Gasteiger partial charge in [0.2, 0.25) is 0 Å². The van der Waals surface area contributed by atoms with Crippen LogP contribution in [0.4, 0.5) is 34.1 Å². The summed E-state index contributed by atoms with van der Waals surface area (Å²) in [7, 11) is 0. The zero-order valence-corrected chi connectivity index (χ0v) is 80.6. The minimum atomic E-state index is 0.625. The molecule has 9 heterocycles. The molecule has 6 aromatic heterocycles. The number of fused-ring (bicyclic) bond motifs is 12. The van der Waals surface area contributed by atoms with E-state index in [9.17, 15) is 0 Å². The van der Waals surface area contributed by atoms with Crippen LogP contribution in [0.5, 0.6) is 0 Å². The molecule has 3 aliphatic heterocycles. The molecule has 0 atom stereocenters. The molecular formula is C135H84N12O3. The van der Waals surface area contributed by atoms with Gasteiger partial charge in [0.1, 0.15) is 16.7 Å². The van der Waals surface area contributed by atoms with Gasteiger partial charge in [0.05, 0.1) is 17.1 Å². The molecule has 0 saturated carbocycles. The molecule has 0 radical (unpaired) electrons. The summed E-state index contributed by atoms with van der Waals surface area (Å²) in [6.07, 6.45) is 13.0. The third-order valence-corrected chi connectivity index (χ3v) is 28.4. The van der Waals surface area contributed by atoms with Crippen molar-refractivity contribution in [3.63, 3.8) is 0 Å². The number of rotatable bonds is 15. The lowest BCUT2D eigenvalue weighted by molar-refractivity contribution is 0.669. The van der Waals surface area contributed by atoms with Gasteiger partial charge in [-0.2, -0.15) is 0 Å². The normalized spacial score (nSPS) is 12.3. The summed E-state index contributed by atoms with van der Waals surface area (Å²) in [5.41, 5.74) is 30.2. The molecule has 15 heteroatoms. The Morgan fingerprint density at radius 3 is 0.767 bits per heavy atom. The Kier molecular flexibility index (Phi) is 21.5. The molecule has 15 nitrogen and oxygen atoms in total. The van der Waals surface area contributed by atoms with Gasteiger partial charge in [-0.15, -0.1) is 0 Å². The SMILES string of the molecule is C1=CN(c2ccccc2)c2c3oc4cc(-c5ccc(-c6nc(-c7ccccc7)nc(-c7ccccc7)n6)cc5)ccc4c3cc3cccc1c23.C1=CN(c2ccccc2)c2c3oc4cc(-c5cccc(-c6nc(-c7ccccc7)nc(-c7ccccc7)n6)c5)ccc4c3cc3cccc1c23.C1=CN(c2ccccc2)c2c3oc4cccc(-c5ccc(-c6nc(-c7ccccc7)nc(-c7ccccc7)n6)cc5)c4c3cc3cccc1c23. The standard InChI is InChI=1S/3C45H28N4O/c1-4-12-30(13-5-1)43-46-44(31-14-6-2-7-15-31)48-45(47-43)35-19-11-17-32(26-35)33-22-23-37-38-27-34-18-10-16-29-24-25-49(36-20-8-3-9-21-36)41(40(29)34)42(38)50-39(37)28-33;1-4-12-31(13-5-1)43-46-44(32-14-6-2-7-15-32)48-45(47-43)33-24-22-29(23-25-33)36-20-11-21-38-40(36)37-28-34-17-10-16-30-26-27-49(35-18-8-3-9-19-35)41(39(30)34)42(37)50-38;1-4-11-31(12-5-1)43-46-44(32-13-6-2-7-14-32)48-45(47-43)33-21-19-29(20-22-33)34-23-24-37-38-27-35-16-10-15-30-25-26-49(36-17-8-3-9-18-36)41(40(30)35)42(38)50-39(37)28-34/h3*1-28H. The molecule has 0 unspecified atom stereocenters. The quantitative estimate of drug-likeness (QED) is 0.0951. The van der Waals surface area contributed by atoms with Gasteiger partial charge in [-0.3, -0.25) is 0 Å². The summed E-state index contributed by atoms with van der Waals surface area (Å²) in [5, 5.41) is 13.7. The van der Waals surface area contributed by atoms with E-state index in [0.717, 1.165) is 183 Å². The van der Waals surface area contributed by atoms with Crippen molar-refractivity contribution in [1.82, 2.24) is 44.9 Å². The maximum absolute atomic E-state index is 6.82. The van der Waals surface area contributed by atoms with Crippen molar-refractivity contribution in [3.05, 3.63) is 508 Å². The number of hydrogen-bond acceptors (Lipinski definition) is 15. The van der Waals surface area contributed by atoms with E-state index in [1.807, 2.05) is 200 Å². The molecule has 27 aromatic rings. The third kappa shape index (κ3) is 15.9. The van der Waals surface area contributed by atoms with Crippen molar-refractivity contribution in [1.29, 1.82) is 0 Å². The summed E-state index contributed by atoms with van der Waals surface area (Å²) in [6, 6.07) is 163. The number of benzene rings is 21. The largest absolute Gasteiger partial charge is 0.454 e. The first-order valence-electron chi connectivity index (χ1n) is 50.1. The van der Waals surface area contributed by atoms with Crippen LogP contribution >= 0.6 is 0 Å². The van der Waals surface area contributed by atoms with Crippen LogP contribution in [0.25, 0.3) is 252 Å². The van der Waals surface area contributed by atoms with Crippen LogP contribution in [-0.4, -0.2) is 44.9 Å². The Morgan fingerprint density at radius 2 is 0.413 bits per heavy atom. The Labute approximate surface area is 861 Å². The highest BCUT2D eigenvalue weighted by Crippen LogP contribution is 2.53. The molecule has 0 fully saturated rings. The van der Waals surface area contributed by atoms with Crippen molar-refractivity contribution in [2.75, 3.05) is 14.7 Å². The van der Waals surface area contributed by atoms with E-state index >= 15 is 0 Å². The minimum Gasteiger partial charge on any atom is -0.454 e. The van der Waals surface area contributed by atoms with Gasteiger partial charge >= 0.3 is 0 Å². The van der Waals surface area contributed by atoms with Crippen molar-refractivity contribution in [2.24, 2.45) is 0 Å². The maximum atomic E-state index is 6.82. The molecule has 0 N–H and O–H groups in total. The number of anilines is 6. The molecule has 0 bridgehead atoms. The van der Waals surface area contributed by atoms with Gasteiger partial charge in [0.25, 0.3) is 0 Å². The Bertz CT molecular complexity index is 9880. The first-order valence-corrected chi connectivity index (χ1v) is 50.1. The van der Waals surface area contributed by atoms with Gasteiger partial charge < -0.3 is 28.0 Å². The number of nitrogens with zero attached hydrogens (tertiary/aromatic N) is 12. The highest BCUT2D eigenvalue weighted by Gasteiger charge is 2.31. The summed E-state index contributed by atoms with van der Waals surface area (Å²) < 4.78 is 20.4. The van der Waals surface area contributed by atoms with Gasteiger partial charge in [-0.05, 0) is 175 Å². The lowest BCUT2D eigenvalue weighted by atomic mass is 9.94. The maximum Gasteiger partial charge on any atom is 0.164 e. The van der Waals surface area contributed by atoms with Crippen LogP contribution in [0.2, 0.25) is 0 Å². The number of para-hydroxylation sites is 3. The number of furan rings is 3. The van der Waals surface area contributed by atoms with E-state index in [0.29, 0.717) is 52.4 Å². The topological polar surface area (TPSA) is 165 Å². The first kappa shape index (κ1) is 87.3. The highest BCUT2D eigenvalue weighted by atomic mass is 16.3. The van der Waals surface area contributed by atoms with Crippen molar-refractivity contribution in [3.8, 4) is 136 Å². The first-order chi connectivity index (χ1) is 74.3. The molecule has 0 aliphatic carbocycles. The smallest absolute Gasteiger partial charge is 0.164 e. The molecular weight excluding hydrogens is 1840 g/mol. The summed E-state index contributed by atoms with van der Waals surface area (Å²) in [6.45, 7) is 0. The fourth-order valence-electron chi connectivity index (χ4n) is 21.2. The molecule has 150 heavy (non-hydrogen) atoms. The van der Waals surface area contributed by atoms with E-state index in [1.165, 1.54) is 49.0 Å². The molecule has 0 amide bonds. The minimum absolute atomic E-state index is 0.625. The van der Waals surface area contributed by atoms with E-state index < -0.39 is 0 Å². The summed E-state index contributed by atoms with van der Waals surface area (Å²) in [4.78, 5) is 50.8. The second-order valence-corrected chi connectivity index (χ2v) is 37.5. The van der Waals surface area contributed by atoms with Crippen LogP contribution in [0.1, 0.15) is 16.7 Å². The molecule has 21 aromatic carbocycles. The predicted octanol–water partition coefficient (Wildman–Crippen LogP) is 35.1. The van der Waals surface area contributed by atoms with Crippen LogP contribution < -0.4 is 14.7 Å². The predicted molar refractivity (Wildman–Crippen MR) is 612 cm³/mol. The van der Waals surface area contributed by atoms with E-state index in [4.69, 9.17) is 58.1 Å². The van der Waals surface area contributed by atoms with Crippen LogP contribution in [-0.2, 0) is 0 Å². The van der Waals surface area contributed by atoms with Gasteiger partial charge in [0, 0.05) is 134 Å². The van der Waals surface area contributed by atoms with Gasteiger partial charge in [-0.1, -0.05) is 382 Å². The summed E-state index contributed by atoms with van der Waals surface area (Å²) in [5.74, 6) is 5.76. The van der Waals surface area contributed by atoms with Crippen LogP contribution in [0, 0.1) is 0 Å². The number of hydrogen-bond donors (Lipinski definition) is 0. The van der Waals surface area contributed by atoms with E-state index in [1.54, 1.807) is 0 Å². The molecule has 0 spiro atoms. The van der Waals surface area contributed by atoms with Crippen molar-refractivity contribution < 1.29 is 13.3 Å². The fourth-order valence-corrected chi connectivity index (χ4v) is 21.2. The summed E-state index contributed by atoms with van der Waals surface area (Å²) >= 11 is 0. The molecule has 3 aliphatic rings. The van der Waals surface area contributed by atoms with Crippen molar-refractivity contribution in [2.45, 2.75) is 0 Å². The zero-order chi connectivity index (χ0) is 99.1. The molecule has 702 valence electrons. The van der Waals surface area contributed by atoms with Crippen molar-refractivity contribution >= 4 is 150 Å². The lowest BCUT2D eigenvalue weighted by Gasteiger charge is -2.26. The number of aromatic nitrogens is 9. The molecule has 0 saturated heterocycles. The Morgan fingerprint density at radius 1 is 0.160 bits per heavy atom. The van der Waals surface area contributed by atoms with Crippen LogP contribution in [0.3, 0.4) is 0 Å². The van der Waals surface area contributed by atoms with Crippen LogP contribution in [0.15, 0.2) is 505 Å². The van der Waals surface area contributed by atoms with E-state index in [-0.39, 0.29) is 0 Å².